The molecule has 2 atom stereocenters. The van der Waals surface area contributed by atoms with Gasteiger partial charge in [-0.05, 0) is 20.3 Å². The van der Waals surface area contributed by atoms with Gasteiger partial charge in [-0.3, -0.25) is 9.69 Å². The van der Waals surface area contributed by atoms with Gasteiger partial charge in [0.25, 0.3) is 0 Å². The van der Waals surface area contributed by atoms with E-state index in [-0.39, 0.29) is 23.5 Å². The van der Waals surface area contributed by atoms with Crippen molar-refractivity contribution in [3.05, 3.63) is 0 Å². The summed E-state index contributed by atoms with van der Waals surface area (Å²) in [5.74, 6) is 0.401. The molecule has 0 aliphatic carbocycles. The van der Waals surface area contributed by atoms with Crippen molar-refractivity contribution in [2.45, 2.75) is 32.4 Å². The van der Waals surface area contributed by atoms with E-state index in [2.05, 4.69) is 17.1 Å². The second-order valence-corrected chi connectivity index (χ2v) is 7.99. The highest BCUT2D eigenvalue weighted by Gasteiger charge is 2.34. The normalized spacial score (nSPS) is 30.3. The summed E-state index contributed by atoms with van der Waals surface area (Å²) in [5, 5.41) is 3.30. The molecule has 6 nitrogen and oxygen atoms in total. The Morgan fingerprint density at radius 2 is 2.20 bits per heavy atom. The maximum Gasteiger partial charge on any atom is 0.237 e. The summed E-state index contributed by atoms with van der Waals surface area (Å²) in [6.45, 7) is 7.68. The SMILES string of the molecule is CCN(C(=O)CN1CCNC[C@H]1C)C1CCS(=O)(=O)C1. The summed E-state index contributed by atoms with van der Waals surface area (Å²) in [6.07, 6.45) is 0.582. The van der Waals surface area contributed by atoms with Crippen molar-refractivity contribution >= 4 is 15.7 Å². The molecule has 0 aromatic rings. The van der Waals surface area contributed by atoms with Crippen LogP contribution in [-0.2, 0) is 14.6 Å². The fraction of sp³-hybridized carbons (Fsp3) is 0.923. The molecule has 2 aliphatic rings. The lowest BCUT2D eigenvalue weighted by Crippen LogP contribution is -2.54. The van der Waals surface area contributed by atoms with Crippen LogP contribution < -0.4 is 5.32 Å². The number of likely N-dealkylation sites (N-methyl/N-ethyl adjacent to an activating group) is 1. The standard InChI is InChI=1S/C13H25N3O3S/c1-3-16(12-4-7-20(18,19)10-12)13(17)9-15-6-5-14-8-11(15)2/h11-12,14H,3-10H2,1-2H3/t11-,12?/m1/s1. The van der Waals surface area contributed by atoms with Crippen LogP contribution in [0.2, 0.25) is 0 Å². The highest BCUT2D eigenvalue weighted by atomic mass is 32.2. The van der Waals surface area contributed by atoms with Gasteiger partial charge in [-0.1, -0.05) is 0 Å². The predicted octanol–water partition coefficient (Wildman–Crippen LogP) is -0.684. The van der Waals surface area contributed by atoms with E-state index in [4.69, 9.17) is 0 Å². The number of carbonyl (C=O) groups excluding carboxylic acids is 1. The Hall–Kier alpha value is -0.660. The van der Waals surface area contributed by atoms with Crippen molar-refractivity contribution in [3.63, 3.8) is 0 Å². The van der Waals surface area contributed by atoms with E-state index in [0.717, 1.165) is 19.6 Å². The molecule has 2 aliphatic heterocycles. The average molecular weight is 303 g/mol. The van der Waals surface area contributed by atoms with Gasteiger partial charge in [0.2, 0.25) is 5.91 Å². The largest absolute Gasteiger partial charge is 0.338 e. The van der Waals surface area contributed by atoms with Crippen molar-refractivity contribution in [2.75, 3.05) is 44.2 Å². The third-order valence-corrected chi connectivity index (χ3v) is 6.04. The smallest absolute Gasteiger partial charge is 0.237 e. The molecule has 0 spiro atoms. The van der Waals surface area contributed by atoms with E-state index < -0.39 is 9.84 Å². The molecule has 0 radical (unpaired) electrons. The predicted molar refractivity (Wildman–Crippen MR) is 78.4 cm³/mol. The van der Waals surface area contributed by atoms with Crippen LogP contribution in [0.15, 0.2) is 0 Å². The zero-order valence-electron chi connectivity index (χ0n) is 12.3. The average Bonchev–Trinajstić information content (AvgIpc) is 2.73. The van der Waals surface area contributed by atoms with E-state index in [0.29, 0.717) is 25.6 Å². The zero-order valence-corrected chi connectivity index (χ0v) is 13.2. The first kappa shape index (κ1) is 15.7. The third kappa shape index (κ3) is 3.71. The van der Waals surface area contributed by atoms with Gasteiger partial charge >= 0.3 is 0 Å². The first-order valence-corrected chi connectivity index (χ1v) is 9.19. The summed E-state index contributed by atoms with van der Waals surface area (Å²) < 4.78 is 23.1. The molecule has 7 heteroatoms. The minimum Gasteiger partial charge on any atom is -0.338 e. The van der Waals surface area contributed by atoms with Crippen molar-refractivity contribution in [1.29, 1.82) is 0 Å². The van der Waals surface area contributed by atoms with Gasteiger partial charge in [-0.15, -0.1) is 0 Å². The summed E-state index contributed by atoms with van der Waals surface area (Å²) in [5.41, 5.74) is 0. The van der Waals surface area contributed by atoms with E-state index >= 15 is 0 Å². The first-order chi connectivity index (χ1) is 9.43. The summed E-state index contributed by atoms with van der Waals surface area (Å²) in [7, 11) is -2.95. The number of sulfone groups is 1. The number of piperazine rings is 1. The van der Waals surface area contributed by atoms with Gasteiger partial charge < -0.3 is 10.2 Å². The van der Waals surface area contributed by atoms with Crippen molar-refractivity contribution in [2.24, 2.45) is 0 Å². The molecular weight excluding hydrogens is 278 g/mol. The highest BCUT2D eigenvalue weighted by molar-refractivity contribution is 7.91. The molecule has 0 aromatic carbocycles. The van der Waals surface area contributed by atoms with Crippen LogP contribution in [0.1, 0.15) is 20.3 Å². The number of amides is 1. The number of nitrogens with one attached hydrogen (secondary N) is 1. The Balaban J connectivity index is 1.95. The number of hydrogen-bond acceptors (Lipinski definition) is 5. The van der Waals surface area contributed by atoms with Gasteiger partial charge in [0, 0.05) is 38.3 Å². The van der Waals surface area contributed by atoms with E-state index in [1.54, 1.807) is 4.90 Å². The van der Waals surface area contributed by atoms with Crippen LogP contribution >= 0.6 is 0 Å². The lowest BCUT2D eigenvalue weighted by Gasteiger charge is -2.36. The number of rotatable bonds is 4. The number of hydrogen-bond donors (Lipinski definition) is 1. The van der Waals surface area contributed by atoms with Gasteiger partial charge in [0.1, 0.15) is 0 Å². The van der Waals surface area contributed by atoms with Crippen LogP contribution in [0.3, 0.4) is 0 Å². The minimum absolute atomic E-state index is 0.0587. The fourth-order valence-corrected chi connectivity index (χ4v) is 4.77. The van der Waals surface area contributed by atoms with Gasteiger partial charge in [0.05, 0.1) is 18.1 Å². The van der Waals surface area contributed by atoms with Gasteiger partial charge in [-0.25, -0.2) is 8.42 Å². The molecule has 0 aromatic heterocycles. The summed E-state index contributed by atoms with van der Waals surface area (Å²) in [6, 6.07) is 0.217. The second kappa shape index (κ2) is 6.41. The zero-order chi connectivity index (χ0) is 14.8. The molecule has 0 bridgehead atoms. The Morgan fingerprint density at radius 1 is 1.45 bits per heavy atom. The molecule has 20 heavy (non-hydrogen) atoms. The van der Waals surface area contributed by atoms with Crippen LogP contribution in [0, 0.1) is 0 Å². The minimum atomic E-state index is -2.95. The number of carbonyl (C=O) groups is 1. The molecule has 2 heterocycles. The summed E-state index contributed by atoms with van der Waals surface area (Å²) in [4.78, 5) is 16.4. The van der Waals surface area contributed by atoms with Gasteiger partial charge in [0.15, 0.2) is 9.84 Å². The quantitative estimate of drug-likeness (QED) is 0.745. The molecular formula is C13H25N3O3S. The second-order valence-electron chi connectivity index (χ2n) is 5.76. The molecule has 2 saturated heterocycles. The third-order valence-electron chi connectivity index (χ3n) is 4.29. The monoisotopic (exact) mass is 303 g/mol. The van der Waals surface area contributed by atoms with Crippen LogP contribution in [0.5, 0.6) is 0 Å². The van der Waals surface area contributed by atoms with Gasteiger partial charge in [-0.2, -0.15) is 0 Å². The highest BCUT2D eigenvalue weighted by Crippen LogP contribution is 2.18. The van der Waals surface area contributed by atoms with E-state index in [1.807, 2.05) is 6.92 Å². The maximum atomic E-state index is 12.5. The first-order valence-electron chi connectivity index (χ1n) is 7.37. The van der Waals surface area contributed by atoms with Crippen molar-refractivity contribution in [3.8, 4) is 0 Å². The molecule has 1 unspecified atom stereocenters. The fourth-order valence-electron chi connectivity index (χ4n) is 3.04. The molecule has 1 N–H and O–H groups in total. The Morgan fingerprint density at radius 3 is 2.75 bits per heavy atom. The molecule has 1 amide bonds. The van der Waals surface area contributed by atoms with E-state index in [1.165, 1.54) is 0 Å². The number of nitrogens with zero attached hydrogens (tertiary/aromatic N) is 2. The van der Waals surface area contributed by atoms with Crippen LogP contribution in [0.4, 0.5) is 0 Å². The Kier molecular flexibility index (Phi) is 5.04. The molecule has 2 rings (SSSR count). The van der Waals surface area contributed by atoms with Crippen molar-refractivity contribution < 1.29 is 13.2 Å². The van der Waals surface area contributed by atoms with E-state index in [9.17, 15) is 13.2 Å². The van der Waals surface area contributed by atoms with Crippen LogP contribution in [0.25, 0.3) is 0 Å². The van der Waals surface area contributed by atoms with Crippen LogP contribution in [-0.4, -0.2) is 80.4 Å². The lowest BCUT2D eigenvalue weighted by molar-refractivity contribution is -0.134. The maximum absolute atomic E-state index is 12.5. The summed E-state index contributed by atoms with van der Waals surface area (Å²) >= 11 is 0. The molecule has 0 saturated carbocycles. The lowest BCUT2D eigenvalue weighted by atomic mass is 10.2. The Labute approximate surface area is 121 Å². The molecule has 2 fully saturated rings. The Bertz CT molecular complexity index is 452. The topological polar surface area (TPSA) is 69.7 Å². The molecule has 116 valence electrons. The van der Waals surface area contributed by atoms with Crippen molar-refractivity contribution in [1.82, 2.24) is 15.1 Å².